The Kier molecular flexibility index (Phi) is 8.33. The van der Waals surface area contributed by atoms with E-state index in [2.05, 4.69) is 15.6 Å². The van der Waals surface area contributed by atoms with Gasteiger partial charge in [-0.1, -0.05) is 33.8 Å². The Morgan fingerprint density at radius 1 is 1.16 bits per heavy atom. The summed E-state index contributed by atoms with van der Waals surface area (Å²) < 4.78 is 26.9. The Labute approximate surface area is 188 Å². The summed E-state index contributed by atoms with van der Waals surface area (Å²) >= 11 is 1.37. The number of anilines is 1. The molecule has 10 heteroatoms. The summed E-state index contributed by atoms with van der Waals surface area (Å²) in [5, 5.41) is 5.97. The van der Waals surface area contributed by atoms with Crippen molar-refractivity contribution in [2.45, 2.75) is 52.5 Å². The summed E-state index contributed by atoms with van der Waals surface area (Å²) in [4.78, 5) is 31.0. The number of amides is 2. The standard InChI is InChI=1S/C21H30N4O4S2/c1-7-25(8-2)31(28,29)17-11-9-10-16(12-17)19(26)23-18(13(3)4)20(27)24-21-22-14(5)15(6)30-21/h9-13,18H,7-8H2,1-6H3,(H,23,26)(H,22,24,27). The highest BCUT2D eigenvalue weighted by Crippen LogP contribution is 2.22. The molecule has 0 aliphatic carbocycles. The van der Waals surface area contributed by atoms with Crippen LogP contribution in [-0.4, -0.2) is 48.7 Å². The number of hydrogen-bond acceptors (Lipinski definition) is 6. The molecule has 0 aliphatic rings. The van der Waals surface area contributed by atoms with E-state index in [0.717, 1.165) is 10.6 Å². The molecule has 2 rings (SSSR count). The minimum Gasteiger partial charge on any atom is -0.340 e. The van der Waals surface area contributed by atoms with Gasteiger partial charge in [-0.3, -0.25) is 9.59 Å². The van der Waals surface area contributed by atoms with Gasteiger partial charge in [0.25, 0.3) is 5.91 Å². The van der Waals surface area contributed by atoms with Gasteiger partial charge in [0, 0.05) is 23.5 Å². The van der Waals surface area contributed by atoms with Crippen LogP contribution < -0.4 is 10.6 Å². The van der Waals surface area contributed by atoms with Crippen LogP contribution in [0.25, 0.3) is 0 Å². The van der Waals surface area contributed by atoms with Crippen LogP contribution in [0.4, 0.5) is 5.13 Å². The van der Waals surface area contributed by atoms with E-state index in [9.17, 15) is 18.0 Å². The van der Waals surface area contributed by atoms with Gasteiger partial charge in [0.1, 0.15) is 6.04 Å². The second-order valence-electron chi connectivity index (χ2n) is 7.46. The number of thiazole rings is 1. The first-order valence-corrected chi connectivity index (χ1v) is 12.4. The molecule has 0 radical (unpaired) electrons. The normalized spacial score (nSPS) is 12.8. The number of rotatable bonds is 9. The van der Waals surface area contributed by atoms with E-state index in [0.29, 0.717) is 18.2 Å². The molecule has 0 spiro atoms. The summed E-state index contributed by atoms with van der Waals surface area (Å²) in [6.45, 7) is 11.6. The molecule has 170 valence electrons. The first-order chi connectivity index (χ1) is 14.5. The van der Waals surface area contributed by atoms with Crippen molar-refractivity contribution in [3.8, 4) is 0 Å². The van der Waals surface area contributed by atoms with Crippen molar-refractivity contribution in [1.82, 2.24) is 14.6 Å². The maximum Gasteiger partial charge on any atom is 0.251 e. The molecule has 0 fully saturated rings. The van der Waals surface area contributed by atoms with Crippen molar-refractivity contribution >= 4 is 38.3 Å². The van der Waals surface area contributed by atoms with Crippen molar-refractivity contribution in [1.29, 1.82) is 0 Å². The minimum atomic E-state index is -3.69. The summed E-state index contributed by atoms with van der Waals surface area (Å²) in [6, 6.07) is 5.05. The van der Waals surface area contributed by atoms with Crippen molar-refractivity contribution < 1.29 is 18.0 Å². The third-order valence-corrected chi connectivity index (χ3v) is 7.97. The number of carbonyl (C=O) groups excluding carboxylic acids is 2. The molecule has 31 heavy (non-hydrogen) atoms. The number of nitrogens with one attached hydrogen (secondary N) is 2. The molecule has 2 amide bonds. The van der Waals surface area contributed by atoms with Gasteiger partial charge in [0.2, 0.25) is 15.9 Å². The molecule has 1 heterocycles. The molecular formula is C21H30N4O4S2. The highest BCUT2D eigenvalue weighted by atomic mass is 32.2. The molecule has 0 saturated heterocycles. The van der Waals surface area contributed by atoms with Gasteiger partial charge >= 0.3 is 0 Å². The summed E-state index contributed by atoms with van der Waals surface area (Å²) in [6.07, 6.45) is 0. The van der Waals surface area contributed by atoms with Gasteiger partial charge in [0.05, 0.1) is 10.6 Å². The fourth-order valence-corrected chi connectivity index (χ4v) is 5.30. The van der Waals surface area contributed by atoms with Crippen molar-refractivity contribution in [3.63, 3.8) is 0 Å². The van der Waals surface area contributed by atoms with E-state index < -0.39 is 22.0 Å². The second kappa shape index (κ2) is 10.3. The van der Waals surface area contributed by atoms with Gasteiger partial charge in [-0.05, 0) is 38.0 Å². The Morgan fingerprint density at radius 2 is 1.81 bits per heavy atom. The van der Waals surface area contributed by atoms with Gasteiger partial charge in [0.15, 0.2) is 5.13 Å². The highest BCUT2D eigenvalue weighted by molar-refractivity contribution is 7.89. The van der Waals surface area contributed by atoms with Crippen LogP contribution in [0.15, 0.2) is 29.2 Å². The fraction of sp³-hybridized carbons (Fsp3) is 0.476. The van der Waals surface area contributed by atoms with E-state index in [-0.39, 0.29) is 22.3 Å². The lowest BCUT2D eigenvalue weighted by molar-refractivity contribution is -0.118. The Balaban J connectivity index is 2.22. The van der Waals surface area contributed by atoms with Crippen molar-refractivity contribution in [3.05, 3.63) is 40.4 Å². The van der Waals surface area contributed by atoms with Crippen LogP contribution in [0.1, 0.15) is 48.6 Å². The van der Waals surface area contributed by atoms with Crippen LogP contribution in [0.5, 0.6) is 0 Å². The molecule has 8 nitrogen and oxygen atoms in total. The number of hydrogen-bond donors (Lipinski definition) is 2. The number of nitrogens with zero attached hydrogens (tertiary/aromatic N) is 2. The van der Waals surface area contributed by atoms with Gasteiger partial charge in [-0.25, -0.2) is 13.4 Å². The smallest absolute Gasteiger partial charge is 0.251 e. The average Bonchev–Trinajstić information content (AvgIpc) is 3.03. The monoisotopic (exact) mass is 466 g/mol. The molecule has 2 N–H and O–H groups in total. The lowest BCUT2D eigenvalue weighted by Gasteiger charge is -2.22. The summed E-state index contributed by atoms with van der Waals surface area (Å²) in [7, 11) is -3.69. The molecular weight excluding hydrogens is 436 g/mol. The number of aromatic nitrogens is 1. The maximum absolute atomic E-state index is 12.9. The number of benzene rings is 1. The third-order valence-electron chi connectivity index (χ3n) is 4.93. The van der Waals surface area contributed by atoms with Gasteiger partial charge in [-0.15, -0.1) is 11.3 Å². The summed E-state index contributed by atoms with van der Waals surface area (Å²) in [5.74, 6) is -1.07. The van der Waals surface area contributed by atoms with Crippen LogP contribution >= 0.6 is 11.3 Å². The predicted octanol–water partition coefficient (Wildman–Crippen LogP) is 3.18. The molecule has 1 aromatic carbocycles. The zero-order valence-corrected chi connectivity index (χ0v) is 20.4. The lowest BCUT2D eigenvalue weighted by atomic mass is 10.0. The largest absolute Gasteiger partial charge is 0.340 e. The number of aryl methyl sites for hydroxylation is 2. The van der Waals surface area contributed by atoms with Crippen molar-refractivity contribution in [2.24, 2.45) is 5.92 Å². The Hall–Kier alpha value is -2.30. The Morgan fingerprint density at radius 3 is 2.32 bits per heavy atom. The second-order valence-corrected chi connectivity index (χ2v) is 10.6. The molecule has 0 saturated carbocycles. The lowest BCUT2D eigenvalue weighted by Crippen LogP contribution is -2.47. The fourth-order valence-electron chi connectivity index (χ4n) is 2.98. The molecule has 2 aromatic rings. The Bertz CT molecular complexity index is 1020. The first kappa shape index (κ1) is 25.0. The zero-order valence-electron chi connectivity index (χ0n) is 18.7. The molecule has 0 aliphatic heterocycles. The van der Waals surface area contributed by atoms with Crippen LogP contribution in [0.3, 0.4) is 0 Å². The predicted molar refractivity (Wildman–Crippen MR) is 123 cm³/mol. The highest BCUT2D eigenvalue weighted by Gasteiger charge is 2.27. The van der Waals surface area contributed by atoms with Gasteiger partial charge in [-0.2, -0.15) is 4.31 Å². The van der Waals surface area contributed by atoms with E-state index in [4.69, 9.17) is 0 Å². The van der Waals surface area contributed by atoms with E-state index in [1.807, 2.05) is 27.7 Å². The van der Waals surface area contributed by atoms with Crippen LogP contribution in [0, 0.1) is 19.8 Å². The number of carbonyl (C=O) groups is 2. The third kappa shape index (κ3) is 5.90. The molecule has 1 unspecified atom stereocenters. The minimum absolute atomic E-state index is 0.0446. The topological polar surface area (TPSA) is 108 Å². The van der Waals surface area contributed by atoms with E-state index in [1.165, 1.54) is 39.9 Å². The van der Waals surface area contributed by atoms with Crippen LogP contribution in [0.2, 0.25) is 0 Å². The van der Waals surface area contributed by atoms with Crippen molar-refractivity contribution in [2.75, 3.05) is 18.4 Å². The average molecular weight is 467 g/mol. The quantitative estimate of drug-likeness (QED) is 0.590. The first-order valence-electron chi connectivity index (χ1n) is 10.2. The van der Waals surface area contributed by atoms with E-state index >= 15 is 0 Å². The molecule has 1 aromatic heterocycles. The van der Waals surface area contributed by atoms with Crippen LogP contribution in [-0.2, 0) is 14.8 Å². The zero-order chi connectivity index (χ0) is 23.3. The van der Waals surface area contributed by atoms with E-state index in [1.54, 1.807) is 13.8 Å². The molecule has 0 bridgehead atoms. The maximum atomic E-state index is 12.9. The summed E-state index contributed by atoms with van der Waals surface area (Å²) in [5.41, 5.74) is 1.02. The van der Waals surface area contributed by atoms with Gasteiger partial charge < -0.3 is 10.6 Å². The number of sulfonamides is 1. The SMILES string of the molecule is CCN(CC)S(=O)(=O)c1cccc(C(=O)NC(C(=O)Nc2nc(C)c(C)s2)C(C)C)c1. The molecule has 1 atom stereocenters.